The number of carbonyl (C=O) groups excluding carboxylic acids is 2. The van der Waals surface area contributed by atoms with Crippen molar-refractivity contribution in [3.8, 4) is 0 Å². The van der Waals surface area contributed by atoms with Crippen molar-refractivity contribution in [2.24, 2.45) is 5.73 Å². The minimum absolute atomic E-state index is 0.377. The Balaban J connectivity index is 3.14. The number of nitrogens with one attached hydrogen (secondary N) is 1. The quantitative estimate of drug-likeness (QED) is 0.834. The fraction of sp³-hybridized carbons (Fsp3) is 0.333. The molecule has 0 radical (unpaired) electrons. The predicted octanol–water partition coefficient (Wildman–Crippen LogP) is 1.84. The lowest BCUT2D eigenvalue weighted by Gasteiger charge is -2.22. The van der Waals surface area contributed by atoms with Crippen LogP contribution < -0.4 is 11.1 Å². The van der Waals surface area contributed by atoms with E-state index in [0.29, 0.717) is 18.2 Å². The van der Waals surface area contributed by atoms with Gasteiger partial charge in [-0.05, 0) is 32.0 Å². The Bertz CT molecular complexity index is 553. The van der Waals surface area contributed by atoms with Crippen molar-refractivity contribution in [3.05, 3.63) is 35.1 Å². The summed E-state index contributed by atoms with van der Waals surface area (Å²) in [6.45, 7) is 2.50. The van der Waals surface area contributed by atoms with Gasteiger partial charge in [0.05, 0.1) is 11.1 Å². The average Bonchev–Trinajstić information content (AvgIpc) is 2.26. The Morgan fingerprint density at radius 3 is 2.20 bits per heavy atom. The van der Waals surface area contributed by atoms with Gasteiger partial charge in [0.25, 0.3) is 5.91 Å². The van der Waals surface area contributed by atoms with Gasteiger partial charge < -0.3 is 11.1 Å². The molecule has 0 heterocycles. The van der Waals surface area contributed by atoms with Crippen LogP contribution in [-0.2, 0) is 11.0 Å². The molecule has 0 aliphatic heterocycles. The minimum atomic E-state index is -4.71. The number of amides is 2. The summed E-state index contributed by atoms with van der Waals surface area (Å²) in [6, 6.07) is 1.43. The van der Waals surface area contributed by atoms with Crippen LogP contribution in [0.2, 0.25) is 0 Å². The van der Waals surface area contributed by atoms with Crippen molar-refractivity contribution in [1.82, 2.24) is 5.32 Å². The second kappa shape index (κ2) is 5.10. The lowest BCUT2D eigenvalue weighted by Crippen LogP contribution is -2.53. The Kier molecular flexibility index (Phi) is 4.07. The molecule has 0 aliphatic carbocycles. The fourth-order valence-corrected chi connectivity index (χ4v) is 1.29. The molecule has 20 heavy (non-hydrogen) atoms. The summed E-state index contributed by atoms with van der Waals surface area (Å²) >= 11 is 0. The van der Waals surface area contributed by atoms with Gasteiger partial charge >= 0.3 is 6.18 Å². The van der Waals surface area contributed by atoms with Crippen molar-refractivity contribution in [3.63, 3.8) is 0 Å². The van der Waals surface area contributed by atoms with Gasteiger partial charge in [-0.3, -0.25) is 9.59 Å². The standard InChI is InChI=1S/C12H12F4N2O2/c1-11(2,10(17)20)18-9(19)7-5-6(12(14,15)16)3-4-8(7)13/h3-5H,1-2H3,(H2,17,20)(H,18,19). The average molecular weight is 292 g/mol. The first kappa shape index (κ1) is 15.9. The third kappa shape index (κ3) is 3.46. The van der Waals surface area contributed by atoms with Crippen LogP contribution in [0.5, 0.6) is 0 Å². The summed E-state index contributed by atoms with van der Waals surface area (Å²) in [5.41, 5.74) is 1.51. The van der Waals surface area contributed by atoms with E-state index in [1.165, 1.54) is 13.8 Å². The van der Waals surface area contributed by atoms with E-state index in [1.54, 1.807) is 0 Å². The summed E-state index contributed by atoms with van der Waals surface area (Å²) in [7, 11) is 0. The first-order valence-electron chi connectivity index (χ1n) is 5.44. The largest absolute Gasteiger partial charge is 0.416 e. The molecular formula is C12H12F4N2O2. The van der Waals surface area contributed by atoms with Crippen molar-refractivity contribution in [2.45, 2.75) is 25.6 Å². The van der Waals surface area contributed by atoms with E-state index >= 15 is 0 Å². The molecule has 8 heteroatoms. The van der Waals surface area contributed by atoms with E-state index in [2.05, 4.69) is 5.32 Å². The van der Waals surface area contributed by atoms with Crippen LogP contribution in [-0.4, -0.2) is 17.4 Å². The van der Waals surface area contributed by atoms with Crippen molar-refractivity contribution >= 4 is 11.8 Å². The molecule has 110 valence electrons. The van der Waals surface area contributed by atoms with E-state index in [4.69, 9.17) is 5.73 Å². The van der Waals surface area contributed by atoms with Crippen molar-refractivity contribution in [1.29, 1.82) is 0 Å². The van der Waals surface area contributed by atoms with Crippen molar-refractivity contribution < 1.29 is 27.2 Å². The Morgan fingerprint density at radius 2 is 1.75 bits per heavy atom. The number of hydrogen-bond donors (Lipinski definition) is 2. The molecule has 3 N–H and O–H groups in total. The Hall–Kier alpha value is -2.12. The number of benzene rings is 1. The van der Waals surface area contributed by atoms with Gasteiger partial charge in [-0.2, -0.15) is 13.2 Å². The smallest absolute Gasteiger partial charge is 0.368 e. The van der Waals surface area contributed by atoms with E-state index in [1.807, 2.05) is 0 Å². The van der Waals surface area contributed by atoms with Gasteiger partial charge in [-0.1, -0.05) is 0 Å². The zero-order chi connectivity index (χ0) is 15.7. The topological polar surface area (TPSA) is 72.2 Å². The number of carbonyl (C=O) groups is 2. The van der Waals surface area contributed by atoms with E-state index in [-0.39, 0.29) is 0 Å². The lowest BCUT2D eigenvalue weighted by atomic mass is 10.0. The summed E-state index contributed by atoms with van der Waals surface area (Å²) < 4.78 is 50.9. The first-order valence-corrected chi connectivity index (χ1v) is 5.44. The van der Waals surface area contributed by atoms with Gasteiger partial charge in [-0.25, -0.2) is 4.39 Å². The Labute approximate surface area is 111 Å². The summed E-state index contributed by atoms with van der Waals surface area (Å²) in [5, 5.41) is 2.07. The highest BCUT2D eigenvalue weighted by Crippen LogP contribution is 2.30. The molecule has 2 amide bonds. The molecule has 0 fully saturated rings. The third-order valence-electron chi connectivity index (χ3n) is 2.58. The Morgan fingerprint density at radius 1 is 1.20 bits per heavy atom. The molecule has 0 saturated heterocycles. The van der Waals surface area contributed by atoms with E-state index < -0.39 is 40.5 Å². The van der Waals surface area contributed by atoms with Crippen molar-refractivity contribution in [2.75, 3.05) is 0 Å². The van der Waals surface area contributed by atoms with Crippen LogP contribution in [0, 0.1) is 5.82 Å². The SMILES string of the molecule is CC(C)(NC(=O)c1cc(C(F)(F)F)ccc1F)C(N)=O. The molecular weight excluding hydrogens is 280 g/mol. The molecule has 0 aromatic heterocycles. The molecule has 0 spiro atoms. The predicted molar refractivity (Wildman–Crippen MR) is 62.1 cm³/mol. The molecule has 0 saturated carbocycles. The van der Waals surface area contributed by atoms with Gasteiger partial charge in [0, 0.05) is 0 Å². The normalized spacial score (nSPS) is 12.1. The monoisotopic (exact) mass is 292 g/mol. The molecule has 0 unspecified atom stereocenters. The lowest BCUT2D eigenvalue weighted by molar-refractivity contribution is -0.137. The maximum absolute atomic E-state index is 13.4. The molecule has 0 bridgehead atoms. The third-order valence-corrected chi connectivity index (χ3v) is 2.58. The van der Waals surface area contributed by atoms with Gasteiger partial charge in [0.15, 0.2) is 0 Å². The van der Waals surface area contributed by atoms with Crippen LogP contribution in [0.4, 0.5) is 17.6 Å². The van der Waals surface area contributed by atoms with Gasteiger partial charge in [0.1, 0.15) is 11.4 Å². The van der Waals surface area contributed by atoms with Crippen LogP contribution in [0.15, 0.2) is 18.2 Å². The van der Waals surface area contributed by atoms with Crippen LogP contribution in [0.25, 0.3) is 0 Å². The number of halogens is 4. The van der Waals surface area contributed by atoms with Gasteiger partial charge in [0.2, 0.25) is 5.91 Å². The minimum Gasteiger partial charge on any atom is -0.368 e. The summed E-state index contributed by atoms with van der Waals surface area (Å²) in [6.07, 6.45) is -4.71. The second-order valence-corrected chi connectivity index (χ2v) is 4.64. The molecule has 0 atom stereocenters. The number of primary amides is 1. The highest BCUT2D eigenvalue weighted by Gasteiger charge is 2.33. The molecule has 1 aromatic carbocycles. The molecule has 1 rings (SSSR count). The van der Waals surface area contributed by atoms with E-state index in [9.17, 15) is 27.2 Å². The van der Waals surface area contributed by atoms with Crippen LogP contribution in [0.3, 0.4) is 0 Å². The number of nitrogens with two attached hydrogens (primary N) is 1. The number of rotatable bonds is 3. The van der Waals surface area contributed by atoms with Crippen LogP contribution in [0.1, 0.15) is 29.8 Å². The molecule has 0 aliphatic rings. The van der Waals surface area contributed by atoms with Crippen LogP contribution >= 0.6 is 0 Å². The highest BCUT2D eigenvalue weighted by atomic mass is 19.4. The summed E-state index contributed by atoms with van der Waals surface area (Å²) in [4.78, 5) is 22.8. The zero-order valence-electron chi connectivity index (χ0n) is 10.6. The highest BCUT2D eigenvalue weighted by molar-refractivity contribution is 5.98. The summed E-state index contributed by atoms with van der Waals surface area (Å²) in [5.74, 6) is -3.19. The van der Waals surface area contributed by atoms with E-state index in [0.717, 1.165) is 0 Å². The first-order chi connectivity index (χ1) is 8.95. The maximum atomic E-state index is 13.4. The number of hydrogen-bond acceptors (Lipinski definition) is 2. The molecule has 4 nitrogen and oxygen atoms in total. The van der Waals surface area contributed by atoms with Gasteiger partial charge in [-0.15, -0.1) is 0 Å². The molecule has 1 aromatic rings. The second-order valence-electron chi connectivity index (χ2n) is 4.64. The fourth-order valence-electron chi connectivity index (χ4n) is 1.29. The zero-order valence-corrected chi connectivity index (χ0v) is 10.6. The number of alkyl halides is 3. The maximum Gasteiger partial charge on any atom is 0.416 e.